The second-order valence-electron chi connectivity index (χ2n) is 11.5. The Balaban J connectivity index is 2.11. The summed E-state index contributed by atoms with van der Waals surface area (Å²) in [6, 6.07) is 11.9. The van der Waals surface area contributed by atoms with Gasteiger partial charge in [0.25, 0.3) is 5.91 Å². The lowest BCUT2D eigenvalue weighted by atomic mass is 9.82. The van der Waals surface area contributed by atoms with E-state index in [1.807, 2.05) is 0 Å². The Kier molecular flexibility index (Phi) is 15.2. The van der Waals surface area contributed by atoms with E-state index in [0.717, 1.165) is 6.07 Å². The Morgan fingerprint density at radius 2 is 1.13 bits per heavy atom. The molecular formula is C39H34F4N4O6. The number of halogens is 4. The minimum absolute atomic E-state index is 0.0540. The molecule has 0 atom stereocenters. The summed E-state index contributed by atoms with van der Waals surface area (Å²) in [6.45, 7) is -0.248. The first-order valence-corrected chi connectivity index (χ1v) is 16.0. The summed E-state index contributed by atoms with van der Waals surface area (Å²) in [5.74, 6) is -6.11. The van der Waals surface area contributed by atoms with Gasteiger partial charge < -0.3 is 26.0 Å². The number of nitrogens with one attached hydrogen (secondary N) is 4. The molecule has 0 aliphatic carbocycles. The zero-order valence-electron chi connectivity index (χ0n) is 28.3. The molecule has 0 aromatic heterocycles. The van der Waals surface area contributed by atoms with Crippen LogP contribution >= 0.6 is 0 Å². The number of benzene rings is 3. The molecular weight excluding hydrogens is 696 g/mol. The van der Waals surface area contributed by atoms with Crippen molar-refractivity contribution in [2.45, 2.75) is 44.1 Å². The summed E-state index contributed by atoms with van der Waals surface area (Å²) >= 11 is 0. The van der Waals surface area contributed by atoms with Crippen LogP contribution in [0.25, 0.3) is 11.1 Å². The van der Waals surface area contributed by atoms with Crippen LogP contribution in [0, 0.1) is 60.3 Å². The molecule has 0 bridgehead atoms. The Labute approximate surface area is 303 Å². The standard InChI is InChI=1S/C39H34F4N4O6/c1-4-20-44-31(48)14-17-39(18-15-32(49)45-21-5-2,19-16-33(50)46-22-6-3)47-37(51)28-23-26(12-13-27(28)25-10-8-7-9-11-25)38(52)53-36-34(42)29(40)24-30(41)35(36)43/h1-3,7-13,23-24H,14-22H2,(H,44,48)(H,45,49)(H,46,50)(H,47,51). The SMILES string of the molecule is C#CCNC(=O)CCC(CCC(=O)NCC#C)(CCC(=O)NCC#C)NC(=O)c1cc(C(=O)Oc2c(F)c(F)cc(F)c2F)ccc1-c1ccccc1. The maximum atomic E-state index is 14.4. The van der Waals surface area contributed by atoms with Crippen molar-refractivity contribution < 1.29 is 46.3 Å². The number of amides is 4. The number of rotatable bonds is 17. The molecule has 3 aromatic rings. The highest BCUT2D eigenvalue weighted by Crippen LogP contribution is 2.31. The van der Waals surface area contributed by atoms with E-state index in [4.69, 9.17) is 24.0 Å². The van der Waals surface area contributed by atoms with Crippen LogP contribution in [0.5, 0.6) is 5.75 Å². The summed E-state index contributed by atoms with van der Waals surface area (Å²) in [6.07, 6.45) is 14.8. The van der Waals surface area contributed by atoms with Gasteiger partial charge in [0, 0.05) is 36.4 Å². The molecule has 4 N–H and O–H groups in total. The molecule has 4 amide bonds. The van der Waals surface area contributed by atoms with E-state index >= 15 is 0 Å². The molecule has 0 heterocycles. The van der Waals surface area contributed by atoms with Crippen LogP contribution in [-0.4, -0.2) is 54.8 Å². The number of ether oxygens (including phenoxy) is 1. The Morgan fingerprint density at radius 1 is 0.660 bits per heavy atom. The van der Waals surface area contributed by atoms with E-state index in [1.54, 1.807) is 30.3 Å². The normalized spacial score (nSPS) is 10.5. The summed E-state index contributed by atoms with van der Waals surface area (Å²) in [5, 5.41) is 10.4. The maximum absolute atomic E-state index is 14.4. The number of carbonyl (C=O) groups is 5. The van der Waals surface area contributed by atoms with Crippen molar-refractivity contribution in [2.75, 3.05) is 19.6 Å². The molecule has 0 radical (unpaired) electrons. The first kappa shape index (κ1) is 40.8. The minimum Gasteiger partial charge on any atom is -0.416 e. The largest absolute Gasteiger partial charge is 0.416 e. The van der Waals surface area contributed by atoms with Gasteiger partial charge in [-0.25, -0.2) is 13.6 Å². The molecule has 14 heteroatoms. The van der Waals surface area contributed by atoms with Gasteiger partial charge in [0.2, 0.25) is 35.1 Å². The van der Waals surface area contributed by atoms with Gasteiger partial charge in [-0.1, -0.05) is 54.2 Å². The van der Waals surface area contributed by atoms with E-state index < -0.39 is 69.7 Å². The average molecular weight is 731 g/mol. The topological polar surface area (TPSA) is 143 Å². The zero-order valence-corrected chi connectivity index (χ0v) is 28.3. The van der Waals surface area contributed by atoms with Crippen molar-refractivity contribution in [3.8, 4) is 53.9 Å². The van der Waals surface area contributed by atoms with Crippen molar-refractivity contribution in [3.63, 3.8) is 0 Å². The quantitative estimate of drug-likeness (QED) is 0.0540. The third-order valence-electron chi connectivity index (χ3n) is 7.88. The van der Waals surface area contributed by atoms with Crippen LogP contribution < -0.4 is 26.0 Å². The number of hydrogen-bond acceptors (Lipinski definition) is 6. The van der Waals surface area contributed by atoms with Gasteiger partial charge in [-0.2, -0.15) is 8.78 Å². The molecule has 0 aliphatic rings. The van der Waals surface area contributed by atoms with Crippen molar-refractivity contribution in [3.05, 3.63) is 89.0 Å². The van der Waals surface area contributed by atoms with Gasteiger partial charge in [-0.05, 0) is 42.5 Å². The number of hydrogen-bond donors (Lipinski definition) is 4. The van der Waals surface area contributed by atoms with Gasteiger partial charge in [0.15, 0.2) is 11.6 Å². The average Bonchev–Trinajstić information content (AvgIpc) is 3.16. The first-order valence-electron chi connectivity index (χ1n) is 16.0. The lowest BCUT2D eigenvalue weighted by Gasteiger charge is -2.35. The highest BCUT2D eigenvalue weighted by Gasteiger charge is 2.35. The highest BCUT2D eigenvalue weighted by atomic mass is 19.2. The molecule has 10 nitrogen and oxygen atoms in total. The number of terminal acetylenes is 3. The minimum atomic E-state index is -1.95. The van der Waals surface area contributed by atoms with E-state index in [0.29, 0.717) is 5.56 Å². The number of esters is 1. The molecule has 3 aromatic carbocycles. The Morgan fingerprint density at radius 3 is 1.58 bits per heavy atom. The Hall–Kier alpha value is -6.59. The fourth-order valence-electron chi connectivity index (χ4n) is 5.16. The van der Waals surface area contributed by atoms with Crippen molar-refractivity contribution >= 4 is 29.6 Å². The monoisotopic (exact) mass is 730 g/mol. The predicted molar refractivity (Wildman–Crippen MR) is 187 cm³/mol. The van der Waals surface area contributed by atoms with E-state index in [2.05, 4.69) is 39.0 Å². The zero-order chi connectivity index (χ0) is 39.0. The van der Waals surface area contributed by atoms with Crippen LogP contribution in [0.2, 0.25) is 0 Å². The van der Waals surface area contributed by atoms with Gasteiger partial charge in [0.1, 0.15) is 0 Å². The van der Waals surface area contributed by atoms with Crippen molar-refractivity contribution in [1.82, 2.24) is 21.3 Å². The van der Waals surface area contributed by atoms with Crippen molar-refractivity contribution in [2.24, 2.45) is 0 Å². The molecule has 0 saturated heterocycles. The van der Waals surface area contributed by atoms with E-state index in [9.17, 15) is 41.5 Å². The maximum Gasteiger partial charge on any atom is 0.343 e. The summed E-state index contributed by atoms with van der Waals surface area (Å²) < 4.78 is 61.1. The molecule has 53 heavy (non-hydrogen) atoms. The third-order valence-corrected chi connectivity index (χ3v) is 7.88. The van der Waals surface area contributed by atoms with Gasteiger partial charge in [0.05, 0.1) is 25.2 Å². The van der Waals surface area contributed by atoms with Gasteiger partial charge >= 0.3 is 5.97 Å². The predicted octanol–water partition coefficient (Wildman–Crippen LogP) is 4.19. The van der Waals surface area contributed by atoms with Crippen LogP contribution in [0.3, 0.4) is 0 Å². The van der Waals surface area contributed by atoms with Crippen LogP contribution in [0.1, 0.15) is 59.2 Å². The lowest BCUT2D eigenvalue weighted by molar-refractivity contribution is -0.121. The molecule has 3 rings (SSSR count). The van der Waals surface area contributed by atoms with Crippen LogP contribution in [0.4, 0.5) is 17.6 Å². The van der Waals surface area contributed by atoms with Gasteiger partial charge in [-0.3, -0.25) is 19.2 Å². The second-order valence-corrected chi connectivity index (χ2v) is 11.5. The smallest absolute Gasteiger partial charge is 0.343 e. The molecule has 0 unspecified atom stereocenters. The summed E-state index contributed by atoms with van der Waals surface area (Å²) in [7, 11) is 0. The third kappa shape index (κ3) is 11.7. The molecule has 0 fully saturated rings. The summed E-state index contributed by atoms with van der Waals surface area (Å²) in [4.78, 5) is 65.6. The summed E-state index contributed by atoms with van der Waals surface area (Å²) in [5.41, 5.74) is -1.33. The molecule has 0 saturated carbocycles. The van der Waals surface area contributed by atoms with Crippen molar-refractivity contribution in [1.29, 1.82) is 0 Å². The van der Waals surface area contributed by atoms with Crippen LogP contribution in [0.15, 0.2) is 54.6 Å². The molecule has 0 aliphatic heterocycles. The second kappa shape index (κ2) is 19.7. The van der Waals surface area contributed by atoms with Gasteiger partial charge in [-0.15, -0.1) is 19.3 Å². The molecule has 0 spiro atoms. The number of carbonyl (C=O) groups excluding carboxylic acids is 5. The Bertz CT molecular complexity index is 1870. The fourth-order valence-corrected chi connectivity index (χ4v) is 5.16. The lowest BCUT2D eigenvalue weighted by Crippen LogP contribution is -2.50. The molecule has 274 valence electrons. The first-order chi connectivity index (χ1) is 25.3. The fraction of sp³-hybridized carbons (Fsp3) is 0.256. The van der Waals surface area contributed by atoms with E-state index in [-0.39, 0.29) is 75.4 Å². The van der Waals surface area contributed by atoms with Crippen LogP contribution in [-0.2, 0) is 14.4 Å². The highest BCUT2D eigenvalue weighted by molar-refractivity contribution is 6.04. The van der Waals surface area contributed by atoms with E-state index in [1.165, 1.54) is 12.1 Å².